The Balaban J connectivity index is 1.35. The summed E-state index contributed by atoms with van der Waals surface area (Å²) >= 11 is 0. The minimum Gasteiger partial charge on any atom is -0.370 e. The van der Waals surface area contributed by atoms with Gasteiger partial charge >= 0.3 is 0 Å². The van der Waals surface area contributed by atoms with E-state index in [1.54, 1.807) is 0 Å². The molecule has 0 aliphatic carbocycles. The number of hydrogen-bond donors (Lipinski definition) is 3. The number of aromatic nitrogens is 5. The van der Waals surface area contributed by atoms with Crippen molar-refractivity contribution in [2.45, 2.75) is 27.2 Å². The zero-order chi connectivity index (χ0) is 22.9. The average molecular weight is 442 g/mol. The summed E-state index contributed by atoms with van der Waals surface area (Å²) in [6.07, 6.45) is 2.27. The minimum absolute atomic E-state index is 0.225. The number of anilines is 3. The van der Waals surface area contributed by atoms with E-state index in [9.17, 15) is 4.39 Å². The molecule has 0 bridgehead atoms. The largest absolute Gasteiger partial charge is 0.370 e. The van der Waals surface area contributed by atoms with Gasteiger partial charge in [0.15, 0.2) is 0 Å². The number of hydrogen-bond acceptors (Lipinski definition) is 6. The van der Waals surface area contributed by atoms with Gasteiger partial charge in [-0.25, -0.2) is 24.3 Å². The number of rotatable bonds is 6. The summed E-state index contributed by atoms with van der Waals surface area (Å²) in [6.45, 7) is 6.49. The highest BCUT2D eigenvalue weighted by atomic mass is 19.1. The number of fused-ring (bicyclic) bond motifs is 2. The average Bonchev–Trinajstić information content (AvgIpc) is 3.14. The van der Waals surface area contributed by atoms with Gasteiger partial charge in [0.1, 0.15) is 35.4 Å². The third-order valence-electron chi connectivity index (χ3n) is 5.74. The molecule has 33 heavy (non-hydrogen) atoms. The highest BCUT2D eigenvalue weighted by Gasteiger charge is 2.14. The van der Waals surface area contributed by atoms with Crippen LogP contribution in [-0.2, 0) is 6.42 Å². The van der Waals surface area contributed by atoms with Crippen LogP contribution in [0.5, 0.6) is 0 Å². The molecule has 7 nitrogen and oxygen atoms in total. The molecule has 166 valence electrons. The molecule has 0 aliphatic heterocycles. The number of nitrogens with zero attached hydrogens (tertiary/aromatic N) is 4. The van der Waals surface area contributed by atoms with Gasteiger partial charge in [-0.15, -0.1) is 0 Å². The van der Waals surface area contributed by atoms with Gasteiger partial charge in [0.2, 0.25) is 0 Å². The number of aromatic amines is 1. The van der Waals surface area contributed by atoms with Crippen LogP contribution in [0.1, 0.15) is 22.6 Å². The minimum atomic E-state index is -0.225. The lowest BCUT2D eigenvalue weighted by Gasteiger charge is -2.11. The lowest BCUT2D eigenvalue weighted by molar-refractivity contribution is 0.637. The van der Waals surface area contributed by atoms with Crippen LogP contribution in [0.2, 0.25) is 0 Å². The fraction of sp³-hybridized carbons (Fsp3) is 0.200. The highest BCUT2D eigenvalue weighted by Crippen LogP contribution is 2.28. The van der Waals surface area contributed by atoms with Gasteiger partial charge in [0.05, 0.1) is 11.0 Å². The van der Waals surface area contributed by atoms with Crippen LogP contribution in [0.3, 0.4) is 0 Å². The molecule has 0 saturated carbocycles. The van der Waals surface area contributed by atoms with Gasteiger partial charge in [-0.3, -0.25) is 0 Å². The van der Waals surface area contributed by atoms with Crippen LogP contribution < -0.4 is 10.6 Å². The Morgan fingerprint density at radius 1 is 0.970 bits per heavy atom. The molecular formula is C25H24FN7. The third-order valence-corrected chi connectivity index (χ3v) is 5.74. The molecular weight excluding hydrogens is 417 g/mol. The number of benzene rings is 2. The zero-order valence-corrected chi connectivity index (χ0v) is 18.7. The molecule has 0 radical (unpaired) electrons. The van der Waals surface area contributed by atoms with E-state index >= 15 is 0 Å². The maximum atomic E-state index is 14.2. The summed E-state index contributed by atoms with van der Waals surface area (Å²) in [4.78, 5) is 20.9. The molecule has 5 rings (SSSR count). The molecule has 0 saturated heterocycles. The maximum absolute atomic E-state index is 14.2. The van der Waals surface area contributed by atoms with E-state index in [4.69, 9.17) is 0 Å². The van der Waals surface area contributed by atoms with Crippen LogP contribution in [0, 0.1) is 26.6 Å². The topological polar surface area (TPSA) is 91.4 Å². The molecule has 0 spiro atoms. The van der Waals surface area contributed by atoms with Crippen molar-refractivity contribution in [1.82, 2.24) is 24.9 Å². The van der Waals surface area contributed by atoms with E-state index in [1.807, 2.05) is 57.2 Å². The van der Waals surface area contributed by atoms with E-state index in [-0.39, 0.29) is 5.82 Å². The summed E-state index contributed by atoms with van der Waals surface area (Å²) in [5.41, 5.74) is 4.60. The number of H-pyrrole nitrogens is 1. The molecule has 0 fully saturated rings. The van der Waals surface area contributed by atoms with Gasteiger partial charge in [-0.1, -0.05) is 18.2 Å². The summed E-state index contributed by atoms with van der Waals surface area (Å²) in [5, 5.41) is 8.56. The molecule has 0 atom stereocenters. The second-order valence-corrected chi connectivity index (χ2v) is 8.07. The second kappa shape index (κ2) is 8.46. The Morgan fingerprint density at radius 2 is 1.79 bits per heavy atom. The summed E-state index contributed by atoms with van der Waals surface area (Å²) in [7, 11) is 0. The van der Waals surface area contributed by atoms with Gasteiger partial charge in [0.25, 0.3) is 0 Å². The van der Waals surface area contributed by atoms with Crippen molar-refractivity contribution in [2.75, 3.05) is 17.2 Å². The number of halogens is 1. The molecule has 2 aromatic carbocycles. The van der Waals surface area contributed by atoms with E-state index < -0.39 is 0 Å². The van der Waals surface area contributed by atoms with Crippen LogP contribution in [0.25, 0.3) is 21.8 Å². The first-order valence-corrected chi connectivity index (χ1v) is 10.8. The van der Waals surface area contributed by atoms with Crippen molar-refractivity contribution in [3.05, 3.63) is 77.3 Å². The summed E-state index contributed by atoms with van der Waals surface area (Å²) < 4.78 is 14.2. The van der Waals surface area contributed by atoms with Crippen molar-refractivity contribution in [1.29, 1.82) is 0 Å². The Hall–Kier alpha value is -4.07. The molecule has 0 aliphatic rings. The molecule has 0 unspecified atom stereocenters. The van der Waals surface area contributed by atoms with Gasteiger partial charge in [-0.05, 0) is 56.5 Å². The molecule has 3 N–H and O–H groups in total. The number of aryl methyl sites for hydroxylation is 3. The van der Waals surface area contributed by atoms with Gasteiger partial charge < -0.3 is 15.6 Å². The normalized spacial score (nSPS) is 11.3. The molecule has 5 aromatic rings. The smallest absolute Gasteiger partial charge is 0.147 e. The zero-order valence-electron chi connectivity index (χ0n) is 18.7. The van der Waals surface area contributed by atoms with Gasteiger partial charge in [0, 0.05) is 29.1 Å². The first kappa shape index (κ1) is 20.8. The van der Waals surface area contributed by atoms with Crippen molar-refractivity contribution < 1.29 is 4.39 Å². The van der Waals surface area contributed by atoms with E-state index in [0.717, 1.165) is 39.5 Å². The standard InChI is InChI=1S/C25H24FN7/c1-14-8-9-19(26)24-23(14)17(15(2)30-24)10-11-27-21-12-22(32-16(3)31-21)33-25-18-6-4-5-7-20(18)28-13-29-25/h4-9,12-13,30H,10-11H2,1-3H3,(H2,27,28,29,31,32,33). The quantitative estimate of drug-likeness (QED) is 0.328. The maximum Gasteiger partial charge on any atom is 0.147 e. The Kier molecular flexibility index (Phi) is 5.34. The van der Waals surface area contributed by atoms with E-state index in [1.165, 1.54) is 12.4 Å². The van der Waals surface area contributed by atoms with Crippen LogP contribution in [0.15, 0.2) is 48.8 Å². The van der Waals surface area contributed by atoms with Crippen LogP contribution in [0.4, 0.5) is 21.8 Å². The predicted octanol–water partition coefficient (Wildman–Crippen LogP) is 5.36. The lowest BCUT2D eigenvalue weighted by atomic mass is 10.0. The Bertz CT molecular complexity index is 1470. The third kappa shape index (κ3) is 4.07. The van der Waals surface area contributed by atoms with Crippen molar-refractivity contribution in [3.63, 3.8) is 0 Å². The van der Waals surface area contributed by atoms with E-state index in [0.29, 0.717) is 35.3 Å². The van der Waals surface area contributed by atoms with Gasteiger partial charge in [-0.2, -0.15) is 0 Å². The van der Waals surface area contributed by atoms with E-state index in [2.05, 4.69) is 35.6 Å². The molecule has 3 aromatic heterocycles. The SMILES string of the molecule is Cc1nc(NCCc2c(C)[nH]c3c(F)ccc(C)c23)cc(Nc2ncnc3ccccc23)n1. The van der Waals surface area contributed by atoms with Crippen LogP contribution >= 0.6 is 0 Å². The summed E-state index contributed by atoms with van der Waals surface area (Å²) in [6, 6.07) is 13.0. The van der Waals surface area contributed by atoms with Crippen molar-refractivity contribution >= 4 is 39.3 Å². The summed E-state index contributed by atoms with van der Waals surface area (Å²) in [5.74, 6) is 2.47. The second-order valence-electron chi connectivity index (χ2n) is 8.07. The predicted molar refractivity (Wildman–Crippen MR) is 130 cm³/mol. The highest BCUT2D eigenvalue weighted by molar-refractivity contribution is 5.90. The number of para-hydroxylation sites is 1. The van der Waals surface area contributed by atoms with Crippen molar-refractivity contribution in [3.8, 4) is 0 Å². The molecule has 0 amide bonds. The fourth-order valence-electron chi connectivity index (χ4n) is 4.22. The molecule has 8 heteroatoms. The Labute approximate surface area is 190 Å². The monoisotopic (exact) mass is 441 g/mol. The first-order valence-electron chi connectivity index (χ1n) is 10.8. The Morgan fingerprint density at radius 3 is 2.67 bits per heavy atom. The van der Waals surface area contributed by atoms with Crippen LogP contribution in [-0.4, -0.2) is 31.5 Å². The van der Waals surface area contributed by atoms with Crippen molar-refractivity contribution in [2.24, 2.45) is 0 Å². The fourth-order valence-corrected chi connectivity index (χ4v) is 4.22. The lowest BCUT2D eigenvalue weighted by Crippen LogP contribution is -2.09. The number of nitrogens with one attached hydrogen (secondary N) is 3. The molecule has 3 heterocycles. The first-order chi connectivity index (χ1) is 16.0.